The first kappa shape index (κ1) is 29.3. The molecule has 1 atom stereocenters. The number of carbonyl (C=O) groups is 1. The maximum Gasteiger partial charge on any atom is 0.322 e. The molecule has 0 bridgehead atoms. The van der Waals surface area contributed by atoms with Gasteiger partial charge in [0.1, 0.15) is 11.5 Å². The molecule has 1 aliphatic heterocycles. The highest BCUT2D eigenvalue weighted by Crippen LogP contribution is 2.30. The van der Waals surface area contributed by atoms with Crippen LogP contribution in [0.1, 0.15) is 39.6 Å². The van der Waals surface area contributed by atoms with Gasteiger partial charge in [0.05, 0.1) is 23.2 Å². The van der Waals surface area contributed by atoms with Crippen molar-refractivity contribution in [3.63, 3.8) is 0 Å². The molecule has 40 heavy (non-hydrogen) atoms. The number of rotatable bonds is 11. The van der Waals surface area contributed by atoms with Crippen LogP contribution in [0, 0.1) is 0 Å². The largest absolute Gasteiger partial charge is 0.492 e. The van der Waals surface area contributed by atoms with Crippen LogP contribution in [0.25, 0.3) is 0 Å². The third-order valence-corrected chi connectivity index (χ3v) is 8.09. The monoisotopic (exact) mass is 571 g/mol. The Morgan fingerprint density at radius 2 is 1.82 bits per heavy atom. The van der Waals surface area contributed by atoms with Crippen LogP contribution in [0.2, 0.25) is 0 Å². The van der Waals surface area contributed by atoms with Gasteiger partial charge in [-0.1, -0.05) is 11.2 Å². The number of carbonyl (C=O) groups excluding carboxylic acids is 1. The molecule has 2 heterocycles. The topological polar surface area (TPSA) is 131 Å². The Morgan fingerprint density at radius 1 is 1.07 bits per heavy atom. The molecule has 13 heteroatoms. The van der Waals surface area contributed by atoms with Crippen molar-refractivity contribution >= 4 is 27.3 Å². The van der Waals surface area contributed by atoms with Gasteiger partial charge in [-0.2, -0.15) is 0 Å². The lowest BCUT2D eigenvalue weighted by Gasteiger charge is -2.34. The van der Waals surface area contributed by atoms with E-state index in [4.69, 9.17) is 9.47 Å². The summed E-state index contributed by atoms with van der Waals surface area (Å²) in [6.07, 6.45) is 0. The number of benzene rings is 2. The van der Waals surface area contributed by atoms with Gasteiger partial charge in [0.15, 0.2) is 5.82 Å². The van der Waals surface area contributed by atoms with Crippen molar-refractivity contribution in [2.24, 2.45) is 0 Å². The van der Waals surface area contributed by atoms with Crippen molar-refractivity contribution in [3.8, 4) is 17.5 Å². The Balaban J connectivity index is 1.52. The van der Waals surface area contributed by atoms with Crippen LogP contribution in [-0.2, 0) is 21.4 Å². The molecule has 1 saturated heterocycles. The molecule has 0 aliphatic carbocycles. The molecule has 2 N–H and O–H groups in total. The minimum absolute atomic E-state index is 0.0219. The molecule has 1 fully saturated rings. The van der Waals surface area contributed by atoms with E-state index >= 15 is 0 Å². The first-order valence-electron chi connectivity index (χ1n) is 13.3. The van der Waals surface area contributed by atoms with Gasteiger partial charge < -0.3 is 24.6 Å². The van der Waals surface area contributed by atoms with Crippen LogP contribution in [-0.4, -0.2) is 73.8 Å². The molecule has 0 saturated carbocycles. The summed E-state index contributed by atoms with van der Waals surface area (Å²) >= 11 is 0. The number of hydrogen-bond acceptors (Lipinski definition) is 9. The second-order valence-corrected chi connectivity index (χ2v) is 11.3. The summed E-state index contributed by atoms with van der Waals surface area (Å²) in [5.41, 5.74) is 1.35. The minimum atomic E-state index is -3.98. The van der Waals surface area contributed by atoms with Crippen LogP contribution in [0.4, 0.5) is 11.4 Å². The fraction of sp³-hybridized carbons (Fsp3) is 0.444. The van der Waals surface area contributed by atoms with E-state index < -0.39 is 16.1 Å². The second kappa shape index (κ2) is 12.7. The van der Waals surface area contributed by atoms with E-state index in [1.807, 2.05) is 25.1 Å². The lowest BCUT2D eigenvalue weighted by molar-refractivity contribution is -0.114. The van der Waals surface area contributed by atoms with Gasteiger partial charge in [-0.3, -0.25) is 9.36 Å². The SMILES string of the molecule is CCOc1ccc(S(=O)(=O)N[C@H](C)c2nnc(Oc3cccc(N4CCN(C)CC4)c3)n2CC)cc1NC(C)=O. The highest BCUT2D eigenvalue weighted by Gasteiger charge is 2.25. The molecule has 1 aliphatic rings. The van der Waals surface area contributed by atoms with Crippen LogP contribution >= 0.6 is 0 Å². The van der Waals surface area contributed by atoms with Crippen molar-refractivity contribution in [2.45, 2.75) is 45.2 Å². The van der Waals surface area contributed by atoms with Gasteiger partial charge in [-0.05, 0) is 58.2 Å². The number of likely N-dealkylation sites (N-methyl/N-ethyl adjacent to an activating group) is 1. The standard InChI is InChI=1S/C27H37N7O5S/c1-6-34-26(19(3)31-40(36,37)23-11-12-25(38-7-2)24(18-23)28-20(4)35)29-30-27(34)39-22-10-8-9-21(17-22)33-15-13-32(5)14-16-33/h8-12,17-19,31H,6-7,13-16H2,1-5H3,(H,28,35)/t19-/m1/s1. The molecular formula is C27H37N7O5S. The summed E-state index contributed by atoms with van der Waals surface area (Å²) in [7, 11) is -1.86. The third-order valence-electron chi connectivity index (χ3n) is 6.55. The Morgan fingerprint density at radius 3 is 2.50 bits per heavy atom. The summed E-state index contributed by atoms with van der Waals surface area (Å²) in [6, 6.07) is 11.7. The fourth-order valence-corrected chi connectivity index (χ4v) is 5.73. The van der Waals surface area contributed by atoms with Crippen molar-refractivity contribution in [2.75, 3.05) is 50.1 Å². The Hall–Kier alpha value is -3.68. The zero-order chi connectivity index (χ0) is 28.9. The van der Waals surface area contributed by atoms with E-state index in [0.717, 1.165) is 31.9 Å². The number of nitrogens with zero attached hydrogens (tertiary/aromatic N) is 5. The lowest BCUT2D eigenvalue weighted by Crippen LogP contribution is -2.44. The summed E-state index contributed by atoms with van der Waals surface area (Å²) < 4.78 is 42.5. The van der Waals surface area contributed by atoms with Gasteiger partial charge in [0.2, 0.25) is 15.9 Å². The molecule has 0 spiro atoms. The minimum Gasteiger partial charge on any atom is -0.492 e. The Labute approximate surface area is 235 Å². The number of aromatic nitrogens is 3. The average molecular weight is 572 g/mol. The Bertz CT molecular complexity index is 1430. The van der Waals surface area contributed by atoms with Crippen molar-refractivity contribution in [1.82, 2.24) is 24.4 Å². The molecule has 1 aromatic heterocycles. The first-order valence-corrected chi connectivity index (χ1v) is 14.8. The van der Waals surface area contributed by atoms with E-state index in [0.29, 0.717) is 30.5 Å². The molecule has 0 unspecified atom stereocenters. The number of piperazine rings is 1. The quantitative estimate of drug-likeness (QED) is 0.356. The van der Waals surface area contributed by atoms with Gasteiger partial charge >= 0.3 is 6.01 Å². The highest BCUT2D eigenvalue weighted by molar-refractivity contribution is 7.89. The maximum atomic E-state index is 13.3. The van der Waals surface area contributed by atoms with Crippen LogP contribution in [0.15, 0.2) is 47.4 Å². The van der Waals surface area contributed by atoms with Gasteiger partial charge in [-0.15, -0.1) is 5.10 Å². The van der Waals surface area contributed by atoms with Crippen molar-refractivity contribution < 1.29 is 22.7 Å². The first-order chi connectivity index (χ1) is 19.1. The number of anilines is 2. The number of ether oxygens (including phenoxy) is 2. The van der Waals surface area contributed by atoms with Crippen LogP contribution < -0.4 is 24.4 Å². The summed E-state index contributed by atoms with van der Waals surface area (Å²) in [5.74, 6) is 1.07. The normalized spacial score (nSPS) is 15.1. The van der Waals surface area contributed by atoms with E-state index in [2.05, 4.69) is 43.2 Å². The lowest BCUT2D eigenvalue weighted by atomic mass is 10.2. The number of amides is 1. The molecule has 216 valence electrons. The van der Waals surface area contributed by atoms with Crippen LogP contribution in [0.3, 0.4) is 0 Å². The highest BCUT2D eigenvalue weighted by atomic mass is 32.2. The number of nitrogens with one attached hydrogen (secondary N) is 2. The average Bonchev–Trinajstić information content (AvgIpc) is 3.32. The van der Waals surface area contributed by atoms with E-state index in [9.17, 15) is 13.2 Å². The molecule has 3 aromatic rings. The maximum absolute atomic E-state index is 13.3. The number of sulfonamides is 1. The van der Waals surface area contributed by atoms with Gasteiger partial charge in [0.25, 0.3) is 0 Å². The zero-order valence-corrected chi connectivity index (χ0v) is 24.4. The van der Waals surface area contributed by atoms with E-state index in [1.54, 1.807) is 18.4 Å². The van der Waals surface area contributed by atoms with Crippen LogP contribution in [0.5, 0.6) is 17.5 Å². The van der Waals surface area contributed by atoms with Gasteiger partial charge in [-0.25, -0.2) is 13.1 Å². The summed E-state index contributed by atoms with van der Waals surface area (Å²) in [6.45, 7) is 11.5. The summed E-state index contributed by atoms with van der Waals surface area (Å²) in [5, 5.41) is 11.1. The Kier molecular flexibility index (Phi) is 9.28. The predicted molar refractivity (Wildman–Crippen MR) is 153 cm³/mol. The molecule has 12 nitrogen and oxygen atoms in total. The molecule has 4 rings (SSSR count). The van der Waals surface area contributed by atoms with Crippen molar-refractivity contribution in [1.29, 1.82) is 0 Å². The van der Waals surface area contributed by atoms with E-state index in [1.165, 1.54) is 25.1 Å². The molecule has 2 aromatic carbocycles. The number of hydrogen-bond donors (Lipinski definition) is 2. The fourth-order valence-electron chi connectivity index (χ4n) is 4.51. The zero-order valence-electron chi connectivity index (χ0n) is 23.5. The molecule has 0 radical (unpaired) electrons. The third kappa shape index (κ3) is 6.90. The van der Waals surface area contributed by atoms with Gasteiger partial charge in [0, 0.05) is 51.4 Å². The second-order valence-electron chi connectivity index (χ2n) is 9.59. The predicted octanol–water partition coefficient (Wildman–Crippen LogP) is 3.24. The molecule has 1 amide bonds. The summed E-state index contributed by atoms with van der Waals surface area (Å²) in [4.78, 5) is 16.2. The van der Waals surface area contributed by atoms with Crippen molar-refractivity contribution in [3.05, 3.63) is 48.3 Å². The van der Waals surface area contributed by atoms with E-state index in [-0.39, 0.29) is 22.5 Å². The molecular weight excluding hydrogens is 534 g/mol. The smallest absolute Gasteiger partial charge is 0.322 e.